The highest BCUT2D eigenvalue weighted by atomic mass is 32.2. The van der Waals surface area contributed by atoms with Gasteiger partial charge in [0.2, 0.25) is 0 Å². The molecule has 0 saturated heterocycles. The largest absolute Gasteiger partial charge is 0.368 e. The minimum absolute atomic E-state index is 0.192. The summed E-state index contributed by atoms with van der Waals surface area (Å²) in [5.41, 5.74) is 0.625. The smallest absolute Gasteiger partial charge is 0.308 e. The van der Waals surface area contributed by atoms with Crippen LogP contribution in [0.4, 0.5) is 10.5 Å². The van der Waals surface area contributed by atoms with Crippen molar-refractivity contribution < 1.29 is 17.8 Å². The molecule has 0 aromatic carbocycles. The third-order valence-corrected chi connectivity index (χ3v) is 2.10. The van der Waals surface area contributed by atoms with E-state index < -0.39 is 15.4 Å². The van der Waals surface area contributed by atoms with Gasteiger partial charge in [-0.1, -0.05) is 6.08 Å². The zero-order chi connectivity index (χ0) is 11.5. The molecule has 15 heavy (non-hydrogen) atoms. The van der Waals surface area contributed by atoms with Gasteiger partial charge in [0.15, 0.2) is 0 Å². The predicted octanol–water partition coefficient (Wildman–Crippen LogP) is 0.558. The summed E-state index contributed by atoms with van der Waals surface area (Å²) in [4.78, 5) is 10.9. The number of anilines is 1. The maximum absolute atomic E-state index is 10.9. The number of amides is 1. The van der Waals surface area contributed by atoms with Crippen molar-refractivity contribution in [3.8, 4) is 0 Å². The lowest BCUT2D eigenvalue weighted by atomic mass is 10.3. The van der Waals surface area contributed by atoms with Gasteiger partial charge in [-0.25, -0.2) is 0 Å². The van der Waals surface area contributed by atoms with Gasteiger partial charge in [-0.05, 0) is 0 Å². The van der Waals surface area contributed by atoms with Crippen molar-refractivity contribution in [2.75, 3.05) is 5.32 Å². The molecule has 1 aromatic rings. The Labute approximate surface area is 85.9 Å². The highest BCUT2D eigenvalue weighted by Gasteiger charge is 2.19. The molecule has 0 aliphatic carbocycles. The zero-order valence-electron chi connectivity index (χ0n) is 7.60. The molecular formula is C7H9N3O4S. The maximum atomic E-state index is 10.9. The van der Waals surface area contributed by atoms with Crippen LogP contribution in [-0.4, -0.2) is 28.4 Å². The Morgan fingerprint density at radius 2 is 2.40 bits per heavy atom. The SMILES string of the molecule is C=CCc1n[nH]cc1NC(=O)S(=O)(=O)O. The minimum atomic E-state index is -4.73. The summed E-state index contributed by atoms with van der Waals surface area (Å²) in [5.74, 6) is 0. The number of hydrogen-bond donors (Lipinski definition) is 3. The fraction of sp³-hybridized carbons (Fsp3) is 0.143. The molecule has 0 saturated carbocycles. The Balaban J connectivity index is 2.85. The summed E-state index contributed by atoms with van der Waals surface area (Å²) in [6.07, 6.45) is 3.21. The average molecular weight is 231 g/mol. The van der Waals surface area contributed by atoms with E-state index in [4.69, 9.17) is 4.55 Å². The summed E-state index contributed by atoms with van der Waals surface area (Å²) in [5, 5.41) is 6.71. The third-order valence-electron chi connectivity index (χ3n) is 1.53. The van der Waals surface area contributed by atoms with Crippen LogP contribution in [0.25, 0.3) is 0 Å². The van der Waals surface area contributed by atoms with Crippen molar-refractivity contribution >= 4 is 21.0 Å². The van der Waals surface area contributed by atoms with Crippen LogP contribution in [-0.2, 0) is 16.5 Å². The number of allylic oxidation sites excluding steroid dienone is 1. The van der Waals surface area contributed by atoms with Gasteiger partial charge in [-0.2, -0.15) is 13.5 Å². The molecule has 0 bridgehead atoms. The quantitative estimate of drug-likeness (QED) is 0.519. The van der Waals surface area contributed by atoms with E-state index in [-0.39, 0.29) is 5.69 Å². The minimum Gasteiger partial charge on any atom is -0.308 e. The van der Waals surface area contributed by atoms with E-state index in [1.54, 1.807) is 6.08 Å². The van der Waals surface area contributed by atoms with E-state index in [0.29, 0.717) is 12.1 Å². The summed E-state index contributed by atoms with van der Waals surface area (Å²) in [6, 6.07) is 0. The van der Waals surface area contributed by atoms with Gasteiger partial charge in [0, 0.05) is 12.6 Å². The van der Waals surface area contributed by atoms with Crippen LogP contribution in [0, 0.1) is 0 Å². The first-order valence-electron chi connectivity index (χ1n) is 3.87. The number of carbonyl (C=O) groups excluding carboxylic acids is 1. The van der Waals surface area contributed by atoms with Gasteiger partial charge in [-0.15, -0.1) is 6.58 Å². The fourth-order valence-electron chi connectivity index (χ4n) is 0.893. The van der Waals surface area contributed by atoms with E-state index in [0.717, 1.165) is 0 Å². The van der Waals surface area contributed by atoms with Crippen LogP contribution in [0.1, 0.15) is 5.69 Å². The molecule has 1 rings (SSSR count). The van der Waals surface area contributed by atoms with Gasteiger partial charge in [-0.3, -0.25) is 14.4 Å². The molecule has 0 fully saturated rings. The Bertz CT molecular complexity index is 476. The lowest BCUT2D eigenvalue weighted by Gasteiger charge is -2.00. The first-order chi connectivity index (χ1) is 6.95. The molecule has 3 N–H and O–H groups in total. The van der Waals surface area contributed by atoms with E-state index in [2.05, 4.69) is 16.8 Å². The molecule has 0 radical (unpaired) electrons. The first kappa shape index (κ1) is 11.4. The number of aromatic amines is 1. The van der Waals surface area contributed by atoms with Gasteiger partial charge >= 0.3 is 15.4 Å². The Morgan fingerprint density at radius 3 is 2.93 bits per heavy atom. The lowest BCUT2D eigenvalue weighted by molar-refractivity contribution is 0.265. The standard InChI is InChI=1S/C7H9N3O4S/c1-2-3-5-6(4-8-10-5)9-7(11)15(12,13)14/h2,4H,1,3H2,(H,8,10)(H,9,11)(H,12,13,14). The van der Waals surface area contributed by atoms with Crippen molar-refractivity contribution in [1.29, 1.82) is 0 Å². The summed E-state index contributed by atoms with van der Waals surface area (Å²) < 4.78 is 29.3. The second-order valence-corrected chi connectivity index (χ2v) is 3.95. The Morgan fingerprint density at radius 1 is 1.73 bits per heavy atom. The zero-order valence-corrected chi connectivity index (χ0v) is 8.41. The predicted molar refractivity (Wildman–Crippen MR) is 53.1 cm³/mol. The molecule has 0 spiro atoms. The molecule has 0 unspecified atom stereocenters. The van der Waals surface area contributed by atoms with Gasteiger partial charge in [0.1, 0.15) is 0 Å². The number of nitrogens with one attached hydrogen (secondary N) is 2. The van der Waals surface area contributed by atoms with Crippen LogP contribution < -0.4 is 5.32 Å². The molecule has 7 nitrogen and oxygen atoms in total. The van der Waals surface area contributed by atoms with E-state index in [1.807, 2.05) is 5.32 Å². The monoisotopic (exact) mass is 231 g/mol. The van der Waals surface area contributed by atoms with E-state index in [1.165, 1.54) is 6.20 Å². The molecule has 1 aromatic heterocycles. The van der Waals surface area contributed by atoms with Crippen LogP contribution in [0.15, 0.2) is 18.9 Å². The first-order valence-corrected chi connectivity index (χ1v) is 5.31. The number of aromatic nitrogens is 2. The second kappa shape index (κ2) is 4.24. The molecule has 0 aliphatic rings. The van der Waals surface area contributed by atoms with Crippen molar-refractivity contribution in [2.24, 2.45) is 0 Å². The highest BCUT2D eigenvalue weighted by molar-refractivity contribution is 8.01. The van der Waals surface area contributed by atoms with Crippen LogP contribution in [0.3, 0.4) is 0 Å². The molecule has 1 heterocycles. The molecule has 8 heteroatoms. The van der Waals surface area contributed by atoms with Gasteiger partial charge < -0.3 is 5.32 Å². The normalized spacial score (nSPS) is 11.0. The van der Waals surface area contributed by atoms with Crippen molar-refractivity contribution in [2.45, 2.75) is 6.42 Å². The summed E-state index contributed by atoms with van der Waals surface area (Å²) in [7, 11) is -4.73. The molecule has 82 valence electrons. The molecular weight excluding hydrogens is 222 g/mol. The van der Waals surface area contributed by atoms with Gasteiger partial charge in [0.25, 0.3) is 0 Å². The van der Waals surface area contributed by atoms with Crippen molar-refractivity contribution in [3.05, 3.63) is 24.5 Å². The number of carbonyl (C=O) groups is 1. The summed E-state index contributed by atoms with van der Waals surface area (Å²) >= 11 is 0. The number of rotatable bonds is 3. The molecule has 1 amide bonds. The Hall–Kier alpha value is -1.67. The number of hydrogen-bond acceptors (Lipinski definition) is 4. The molecule has 0 atom stereocenters. The van der Waals surface area contributed by atoms with Gasteiger partial charge in [0.05, 0.1) is 11.4 Å². The number of nitrogens with zero attached hydrogens (tertiary/aromatic N) is 1. The van der Waals surface area contributed by atoms with E-state index in [9.17, 15) is 13.2 Å². The highest BCUT2D eigenvalue weighted by Crippen LogP contribution is 2.13. The number of H-pyrrole nitrogens is 1. The topological polar surface area (TPSA) is 112 Å². The maximum Gasteiger partial charge on any atom is 0.368 e. The second-order valence-electron chi connectivity index (χ2n) is 2.63. The van der Waals surface area contributed by atoms with Crippen LogP contribution >= 0.6 is 0 Å². The molecule has 0 aliphatic heterocycles. The average Bonchev–Trinajstić information content (AvgIpc) is 2.52. The lowest BCUT2D eigenvalue weighted by Crippen LogP contribution is -2.20. The van der Waals surface area contributed by atoms with E-state index >= 15 is 0 Å². The van der Waals surface area contributed by atoms with Crippen molar-refractivity contribution in [3.63, 3.8) is 0 Å². The van der Waals surface area contributed by atoms with Crippen LogP contribution in [0.5, 0.6) is 0 Å². The summed E-state index contributed by atoms with van der Waals surface area (Å²) in [6.45, 7) is 3.47. The van der Waals surface area contributed by atoms with Crippen molar-refractivity contribution in [1.82, 2.24) is 10.2 Å². The third kappa shape index (κ3) is 2.89. The Kier molecular flexibility index (Phi) is 3.22. The fourth-order valence-corrected chi connectivity index (χ4v) is 1.13. The van der Waals surface area contributed by atoms with Crippen LogP contribution in [0.2, 0.25) is 0 Å².